The lowest BCUT2D eigenvalue weighted by Gasteiger charge is -2.18. The van der Waals surface area contributed by atoms with Crippen LogP contribution in [0.5, 0.6) is 5.88 Å². The summed E-state index contributed by atoms with van der Waals surface area (Å²) in [6.07, 6.45) is 0.744. The van der Waals surface area contributed by atoms with Crippen LogP contribution in [0, 0.1) is 0 Å². The number of nitrogens with one attached hydrogen (secondary N) is 1. The predicted octanol–water partition coefficient (Wildman–Crippen LogP) is 2.64. The summed E-state index contributed by atoms with van der Waals surface area (Å²) >= 11 is 6.19. The van der Waals surface area contributed by atoms with Crippen molar-refractivity contribution in [2.24, 2.45) is 0 Å². The van der Waals surface area contributed by atoms with Crippen molar-refractivity contribution in [2.45, 2.75) is 19.0 Å². The molecule has 1 aliphatic rings. The largest absolute Gasteiger partial charge is 0.481 e. The van der Waals surface area contributed by atoms with E-state index in [0.717, 1.165) is 17.8 Å². The molecule has 2 aromatic rings. The van der Waals surface area contributed by atoms with Crippen LogP contribution in [0.3, 0.4) is 0 Å². The minimum absolute atomic E-state index is 0.0426. The Labute approximate surface area is 140 Å². The number of hydrogen-bond donors (Lipinski definition) is 1. The lowest BCUT2D eigenvalue weighted by molar-refractivity contribution is -0.118. The normalized spacial score (nSPS) is 17.6. The van der Waals surface area contributed by atoms with Gasteiger partial charge in [0.25, 0.3) is 0 Å². The van der Waals surface area contributed by atoms with Crippen molar-refractivity contribution >= 4 is 23.2 Å². The van der Waals surface area contributed by atoms with Crippen molar-refractivity contribution in [3.63, 3.8) is 0 Å². The molecule has 1 aliphatic heterocycles. The number of halogens is 1. The number of methoxy groups -OCH3 is 1. The van der Waals surface area contributed by atoms with E-state index < -0.39 is 0 Å². The molecule has 6 heteroatoms. The Kier molecular flexibility index (Phi) is 4.79. The number of rotatable bonds is 5. The zero-order valence-electron chi connectivity index (χ0n) is 12.8. The SMILES string of the molecule is COc1cccc(CNC2CCN(c3ccccc3Cl)C2=O)n1. The molecular weight excluding hydrogens is 314 g/mol. The van der Waals surface area contributed by atoms with Gasteiger partial charge in [0.2, 0.25) is 11.8 Å². The first-order chi connectivity index (χ1) is 11.2. The van der Waals surface area contributed by atoms with Crippen LogP contribution in [0.15, 0.2) is 42.5 Å². The predicted molar refractivity (Wildman–Crippen MR) is 89.8 cm³/mol. The Hall–Kier alpha value is -2.11. The maximum atomic E-state index is 12.6. The first-order valence-corrected chi connectivity index (χ1v) is 7.86. The summed E-state index contributed by atoms with van der Waals surface area (Å²) < 4.78 is 5.11. The van der Waals surface area contributed by atoms with Crippen LogP contribution in [0.2, 0.25) is 5.02 Å². The molecule has 0 aliphatic carbocycles. The van der Waals surface area contributed by atoms with Gasteiger partial charge >= 0.3 is 0 Å². The number of para-hydroxylation sites is 1. The average Bonchev–Trinajstić information content (AvgIpc) is 2.94. The van der Waals surface area contributed by atoms with Gasteiger partial charge < -0.3 is 15.0 Å². The van der Waals surface area contributed by atoms with E-state index in [1.807, 2.05) is 30.3 Å². The Bertz CT molecular complexity index is 708. The minimum atomic E-state index is -0.223. The molecule has 1 fully saturated rings. The highest BCUT2D eigenvalue weighted by molar-refractivity contribution is 6.33. The molecule has 0 saturated carbocycles. The number of carbonyl (C=O) groups is 1. The quantitative estimate of drug-likeness (QED) is 0.915. The fourth-order valence-electron chi connectivity index (χ4n) is 2.68. The van der Waals surface area contributed by atoms with E-state index in [9.17, 15) is 4.79 Å². The minimum Gasteiger partial charge on any atom is -0.481 e. The second-order valence-electron chi connectivity index (χ2n) is 5.33. The lowest BCUT2D eigenvalue weighted by atomic mass is 10.2. The summed E-state index contributed by atoms with van der Waals surface area (Å²) in [5.74, 6) is 0.612. The van der Waals surface area contributed by atoms with Crippen molar-refractivity contribution in [2.75, 3.05) is 18.6 Å². The summed E-state index contributed by atoms with van der Waals surface area (Å²) in [6, 6.07) is 12.8. The number of ether oxygens (including phenoxy) is 1. The summed E-state index contributed by atoms with van der Waals surface area (Å²) in [5, 5.41) is 3.86. The van der Waals surface area contributed by atoms with Gasteiger partial charge in [0.1, 0.15) is 0 Å². The third kappa shape index (κ3) is 3.46. The third-order valence-corrected chi connectivity index (χ3v) is 4.19. The van der Waals surface area contributed by atoms with Crippen LogP contribution < -0.4 is 15.0 Å². The van der Waals surface area contributed by atoms with Crippen molar-refractivity contribution in [3.05, 3.63) is 53.2 Å². The molecule has 5 nitrogen and oxygen atoms in total. The fourth-order valence-corrected chi connectivity index (χ4v) is 2.91. The van der Waals surface area contributed by atoms with E-state index in [4.69, 9.17) is 16.3 Å². The second-order valence-corrected chi connectivity index (χ2v) is 5.74. The number of pyridine rings is 1. The first-order valence-electron chi connectivity index (χ1n) is 7.48. The van der Waals surface area contributed by atoms with Gasteiger partial charge in [0.05, 0.1) is 29.6 Å². The van der Waals surface area contributed by atoms with Gasteiger partial charge in [-0.2, -0.15) is 0 Å². The number of nitrogens with zero attached hydrogens (tertiary/aromatic N) is 2. The molecule has 1 unspecified atom stereocenters. The van der Waals surface area contributed by atoms with Crippen LogP contribution in [-0.2, 0) is 11.3 Å². The lowest BCUT2D eigenvalue weighted by Crippen LogP contribution is -2.38. The number of aromatic nitrogens is 1. The summed E-state index contributed by atoms with van der Waals surface area (Å²) in [5.41, 5.74) is 1.61. The van der Waals surface area contributed by atoms with E-state index in [1.165, 1.54) is 0 Å². The van der Waals surface area contributed by atoms with Gasteiger partial charge in [-0.15, -0.1) is 0 Å². The first kappa shape index (κ1) is 15.8. The maximum absolute atomic E-state index is 12.6. The average molecular weight is 332 g/mol. The maximum Gasteiger partial charge on any atom is 0.244 e. The topological polar surface area (TPSA) is 54.5 Å². The summed E-state index contributed by atoms with van der Waals surface area (Å²) in [7, 11) is 1.58. The van der Waals surface area contributed by atoms with E-state index in [0.29, 0.717) is 24.0 Å². The van der Waals surface area contributed by atoms with Gasteiger partial charge in [-0.25, -0.2) is 4.98 Å². The van der Waals surface area contributed by atoms with Crippen molar-refractivity contribution in [1.82, 2.24) is 10.3 Å². The summed E-state index contributed by atoms with van der Waals surface area (Å²) in [6.45, 7) is 1.18. The van der Waals surface area contributed by atoms with Crippen LogP contribution in [0.25, 0.3) is 0 Å². The molecule has 1 aromatic carbocycles. The monoisotopic (exact) mass is 331 g/mol. The van der Waals surface area contributed by atoms with Crippen molar-refractivity contribution in [3.8, 4) is 5.88 Å². The van der Waals surface area contributed by atoms with Crippen LogP contribution >= 0.6 is 11.6 Å². The molecule has 1 saturated heterocycles. The molecule has 3 rings (SSSR count). The second kappa shape index (κ2) is 6.98. The van der Waals surface area contributed by atoms with E-state index in [1.54, 1.807) is 24.1 Å². The fraction of sp³-hybridized carbons (Fsp3) is 0.294. The van der Waals surface area contributed by atoms with Gasteiger partial charge in [-0.1, -0.05) is 29.8 Å². The molecule has 1 aromatic heterocycles. The highest BCUT2D eigenvalue weighted by Crippen LogP contribution is 2.29. The third-order valence-electron chi connectivity index (χ3n) is 3.87. The van der Waals surface area contributed by atoms with Gasteiger partial charge in [-0.05, 0) is 24.6 Å². The van der Waals surface area contributed by atoms with Gasteiger partial charge in [-0.3, -0.25) is 4.79 Å². The zero-order valence-corrected chi connectivity index (χ0v) is 13.6. The Morgan fingerprint density at radius 1 is 1.30 bits per heavy atom. The van der Waals surface area contributed by atoms with Crippen LogP contribution in [0.4, 0.5) is 5.69 Å². The van der Waals surface area contributed by atoms with Crippen molar-refractivity contribution in [1.29, 1.82) is 0 Å². The smallest absolute Gasteiger partial charge is 0.244 e. The Morgan fingerprint density at radius 2 is 2.13 bits per heavy atom. The number of hydrogen-bond acceptors (Lipinski definition) is 4. The molecule has 0 radical (unpaired) electrons. The highest BCUT2D eigenvalue weighted by atomic mass is 35.5. The highest BCUT2D eigenvalue weighted by Gasteiger charge is 2.32. The molecule has 1 atom stereocenters. The number of anilines is 1. The molecule has 1 amide bonds. The molecule has 1 N–H and O–H groups in total. The molecule has 23 heavy (non-hydrogen) atoms. The van der Waals surface area contributed by atoms with Crippen LogP contribution in [0.1, 0.15) is 12.1 Å². The number of amides is 1. The Balaban J connectivity index is 1.64. The molecular formula is C17H18ClN3O2. The summed E-state index contributed by atoms with van der Waals surface area (Å²) in [4.78, 5) is 18.6. The van der Waals surface area contributed by atoms with Gasteiger partial charge in [0.15, 0.2) is 0 Å². The standard InChI is InChI=1S/C17H18ClN3O2/c1-23-16-8-4-5-12(20-16)11-19-14-9-10-21(17(14)22)15-7-3-2-6-13(15)18/h2-8,14,19H,9-11H2,1H3. The van der Waals surface area contributed by atoms with E-state index in [2.05, 4.69) is 10.3 Å². The molecule has 0 bridgehead atoms. The van der Waals surface area contributed by atoms with E-state index in [-0.39, 0.29) is 11.9 Å². The van der Waals surface area contributed by atoms with Crippen LogP contribution in [-0.4, -0.2) is 30.6 Å². The Morgan fingerprint density at radius 3 is 2.91 bits per heavy atom. The number of benzene rings is 1. The zero-order chi connectivity index (χ0) is 16.2. The molecule has 0 spiro atoms. The van der Waals surface area contributed by atoms with Gasteiger partial charge in [0, 0.05) is 19.2 Å². The van der Waals surface area contributed by atoms with E-state index >= 15 is 0 Å². The molecule has 2 heterocycles. The van der Waals surface area contributed by atoms with Crippen molar-refractivity contribution < 1.29 is 9.53 Å². The molecule has 120 valence electrons. The number of carbonyl (C=O) groups excluding carboxylic acids is 1.